The lowest BCUT2D eigenvalue weighted by atomic mass is 10.1. The summed E-state index contributed by atoms with van der Waals surface area (Å²) in [6, 6.07) is 5.59. The number of nitrogens with zero attached hydrogens (tertiary/aromatic N) is 2. The fraction of sp³-hybridized carbons (Fsp3) is 0.750. The van der Waals surface area contributed by atoms with E-state index in [0.29, 0.717) is 11.0 Å². The van der Waals surface area contributed by atoms with E-state index in [4.69, 9.17) is 37.9 Å². The number of hydrogen-bond acceptors (Lipinski definition) is 11. The number of aromatic nitrogens is 2. The molecule has 6 rings (SSSR count). The Bertz CT molecular complexity index is 1340. The Balaban J connectivity index is 1.25. The number of hydrogen-bond donors (Lipinski definition) is 2. The summed E-state index contributed by atoms with van der Waals surface area (Å²) in [7, 11) is 3.05. The first-order valence-corrected chi connectivity index (χ1v) is 14.0. The molecule has 1 aromatic carbocycles. The number of imidazole rings is 1. The summed E-state index contributed by atoms with van der Waals surface area (Å²) < 4.78 is 49.8. The lowest BCUT2D eigenvalue weighted by Crippen LogP contribution is -2.46. The molecule has 13 heteroatoms. The molecule has 0 unspecified atom stereocenters. The van der Waals surface area contributed by atoms with Gasteiger partial charge < -0.3 is 48.1 Å². The average molecular weight is 581 g/mol. The maximum Gasteiger partial charge on any atom is 0.329 e. The van der Waals surface area contributed by atoms with E-state index >= 15 is 0 Å². The van der Waals surface area contributed by atoms with Gasteiger partial charge in [-0.3, -0.25) is 9.13 Å². The van der Waals surface area contributed by atoms with Gasteiger partial charge in [0.05, 0.1) is 24.1 Å². The number of ether oxygens (including phenoxy) is 8. The van der Waals surface area contributed by atoms with Gasteiger partial charge in [0.15, 0.2) is 24.2 Å². The summed E-state index contributed by atoms with van der Waals surface area (Å²) >= 11 is 0. The van der Waals surface area contributed by atoms with E-state index in [1.807, 2.05) is 25.1 Å². The average Bonchev–Trinajstić information content (AvgIpc) is 3.63. The third-order valence-corrected chi connectivity index (χ3v) is 8.27. The van der Waals surface area contributed by atoms with Gasteiger partial charge in [-0.05, 0) is 52.3 Å². The third kappa shape index (κ3) is 5.05. The maximum absolute atomic E-state index is 13.8. The fourth-order valence-electron chi connectivity index (χ4n) is 6.53. The third-order valence-electron chi connectivity index (χ3n) is 8.27. The van der Waals surface area contributed by atoms with Gasteiger partial charge >= 0.3 is 5.69 Å². The summed E-state index contributed by atoms with van der Waals surface area (Å²) in [4.78, 5) is 13.8. The van der Waals surface area contributed by atoms with Crippen molar-refractivity contribution in [1.29, 1.82) is 0 Å². The summed E-state index contributed by atoms with van der Waals surface area (Å²) in [5.41, 5.74) is 1.76. The van der Waals surface area contributed by atoms with Crippen LogP contribution in [0.15, 0.2) is 23.0 Å². The zero-order chi connectivity index (χ0) is 29.4. The van der Waals surface area contributed by atoms with Crippen LogP contribution in [0.2, 0.25) is 0 Å². The molecular formula is C28H40N2O11. The molecule has 2 N–H and O–H groups in total. The molecular weight excluding hydrogens is 540 g/mol. The number of methoxy groups -OCH3 is 2. The second-order valence-corrected chi connectivity index (χ2v) is 12.2. The molecule has 0 saturated carbocycles. The summed E-state index contributed by atoms with van der Waals surface area (Å²) in [5.74, 6) is -1.66. The second kappa shape index (κ2) is 10.4. The number of fused-ring (bicyclic) bond motifs is 3. The van der Waals surface area contributed by atoms with Crippen LogP contribution in [0.4, 0.5) is 0 Å². The van der Waals surface area contributed by atoms with E-state index in [2.05, 4.69) is 0 Å². The predicted molar refractivity (Wildman–Crippen MR) is 142 cm³/mol. The molecule has 0 aliphatic carbocycles. The molecule has 41 heavy (non-hydrogen) atoms. The zero-order valence-electron chi connectivity index (χ0n) is 24.4. The number of aliphatic hydroxyl groups is 2. The highest BCUT2D eigenvalue weighted by Gasteiger charge is 2.58. The van der Waals surface area contributed by atoms with Crippen molar-refractivity contribution < 1.29 is 48.1 Å². The molecule has 4 fully saturated rings. The van der Waals surface area contributed by atoms with Gasteiger partial charge in [-0.1, -0.05) is 6.07 Å². The number of rotatable bonds is 8. The minimum Gasteiger partial charge on any atom is -0.388 e. The molecule has 0 radical (unpaired) electrons. The lowest BCUT2D eigenvalue weighted by molar-refractivity contribution is -0.228. The van der Waals surface area contributed by atoms with E-state index in [1.54, 1.807) is 27.7 Å². The van der Waals surface area contributed by atoms with E-state index in [0.717, 1.165) is 5.56 Å². The molecule has 10 atom stereocenters. The molecule has 228 valence electrons. The fourth-order valence-corrected chi connectivity index (χ4v) is 6.53. The minimum atomic E-state index is -1.11. The van der Waals surface area contributed by atoms with Gasteiger partial charge in [0.1, 0.15) is 48.8 Å². The molecule has 13 nitrogen and oxygen atoms in total. The van der Waals surface area contributed by atoms with Crippen molar-refractivity contribution in [2.75, 3.05) is 14.2 Å². The van der Waals surface area contributed by atoms with Crippen molar-refractivity contribution >= 4 is 11.0 Å². The van der Waals surface area contributed by atoms with Crippen molar-refractivity contribution in [1.82, 2.24) is 9.13 Å². The van der Waals surface area contributed by atoms with Crippen molar-refractivity contribution in [3.05, 3.63) is 34.2 Å². The number of aliphatic hydroxyl groups excluding tert-OH is 2. The van der Waals surface area contributed by atoms with Crippen LogP contribution >= 0.6 is 0 Å². The Hall–Kier alpha value is -1.91. The van der Waals surface area contributed by atoms with Crippen LogP contribution in [0.3, 0.4) is 0 Å². The molecule has 0 bridgehead atoms. The van der Waals surface area contributed by atoms with E-state index in [1.165, 1.54) is 23.4 Å². The van der Waals surface area contributed by atoms with Crippen molar-refractivity contribution in [3.8, 4) is 0 Å². The first kappa shape index (κ1) is 29.2. The highest BCUT2D eigenvalue weighted by molar-refractivity contribution is 5.77. The Morgan fingerprint density at radius 1 is 0.805 bits per heavy atom. The van der Waals surface area contributed by atoms with Crippen LogP contribution in [-0.2, 0) is 51.0 Å². The highest BCUT2D eigenvalue weighted by Crippen LogP contribution is 2.41. The van der Waals surface area contributed by atoms with Crippen LogP contribution in [0.5, 0.6) is 0 Å². The molecule has 5 heterocycles. The quantitative estimate of drug-likeness (QED) is 0.454. The largest absolute Gasteiger partial charge is 0.388 e. The van der Waals surface area contributed by atoms with Gasteiger partial charge in [-0.2, -0.15) is 0 Å². The van der Waals surface area contributed by atoms with Crippen molar-refractivity contribution in [3.63, 3.8) is 0 Å². The van der Waals surface area contributed by atoms with Crippen LogP contribution in [-0.4, -0.2) is 107 Å². The standard InChI is InChI=1S/C28H40N2O11/c1-13-8-9-14-15(10-13)30(12-17(32)19-21(35-7)23-25(37-19)41-28(4,5)39-23)26(33)29(14)11-16(31)18-20(34-6)22-24(36-18)40-27(2,3)38-22/h8-10,16-25,31-32H,11-12H2,1-7H3/t16-,17+,18+,19+,20-,21-,22+,23-,24-,25-/m1/s1. The monoisotopic (exact) mass is 580 g/mol. The molecule has 2 aromatic rings. The first-order valence-electron chi connectivity index (χ1n) is 14.0. The molecule has 4 aliphatic heterocycles. The Morgan fingerprint density at radius 3 is 1.73 bits per heavy atom. The Labute approximate surface area is 237 Å². The lowest BCUT2D eigenvalue weighted by Gasteiger charge is -2.28. The normalized spacial score (nSPS) is 37.0. The van der Waals surface area contributed by atoms with Crippen LogP contribution in [0.25, 0.3) is 11.0 Å². The van der Waals surface area contributed by atoms with E-state index < -0.39 is 78.7 Å². The topological polar surface area (TPSA) is 141 Å². The molecule has 0 amide bonds. The summed E-state index contributed by atoms with van der Waals surface area (Å²) in [6.07, 6.45) is -7.39. The maximum atomic E-state index is 13.8. The summed E-state index contributed by atoms with van der Waals surface area (Å²) in [5, 5.41) is 22.6. The van der Waals surface area contributed by atoms with Crippen molar-refractivity contribution in [2.45, 2.75) is 121 Å². The van der Waals surface area contributed by atoms with Gasteiger partial charge in [0, 0.05) is 14.2 Å². The second-order valence-electron chi connectivity index (χ2n) is 12.2. The molecule has 4 aliphatic rings. The smallest absolute Gasteiger partial charge is 0.329 e. The number of benzene rings is 1. The van der Waals surface area contributed by atoms with Crippen LogP contribution < -0.4 is 5.69 Å². The van der Waals surface area contributed by atoms with E-state index in [-0.39, 0.29) is 13.1 Å². The summed E-state index contributed by atoms with van der Waals surface area (Å²) in [6.45, 7) is 8.93. The molecule has 1 aromatic heterocycles. The van der Waals surface area contributed by atoms with Gasteiger partial charge in [0.25, 0.3) is 0 Å². The van der Waals surface area contributed by atoms with E-state index in [9.17, 15) is 15.0 Å². The predicted octanol–water partition coefficient (Wildman–Crippen LogP) is 0.616. The minimum absolute atomic E-state index is 0.0726. The Morgan fingerprint density at radius 2 is 1.27 bits per heavy atom. The van der Waals surface area contributed by atoms with Crippen LogP contribution in [0.1, 0.15) is 33.3 Å². The van der Waals surface area contributed by atoms with Crippen LogP contribution in [0, 0.1) is 6.92 Å². The number of aryl methyl sites for hydroxylation is 1. The van der Waals surface area contributed by atoms with Gasteiger partial charge in [-0.25, -0.2) is 4.79 Å². The SMILES string of the molecule is CO[C@@H]1[C@H]([C@@H](O)Cn2c(=O)n(C[C@@H](O)[C@@H]3O[C@@H]4OC(C)(C)O[C@H]4[C@@H]3OC)c3ccc(C)cc32)O[C@@H]2OC(C)(C)O[C@@H]21. The van der Waals surface area contributed by atoms with Crippen molar-refractivity contribution in [2.24, 2.45) is 0 Å². The van der Waals surface area contributed by atoms with Gasteiger partial charge in [0.2, 0.25) is 0 Å². The van der Waals surface area contributed by atoms with Gasteiger partial charge in [-0.15, -0.1) is 0 Å². The Kier molecular flexibility index (Phi) is 7.38. The highest BCUT2D eigenvalue weighted by atomic mass is 16.9. The first-order chi connectivity index (χ1) is 19.3. The molecule has 4 saturated heterocycles. The molecule has 0 spiro atoms. The zero-order valence-corrected chi connectivity index (χ0v) is 24.4.